The topological polar surface area (TPSA) is 88.4 Å². The second-order valence-corrected chi connectivity index (χ2v) is 6.97. The highest BCUT2D eigenvalue weighted by Gasteiger charge is 2.50. The molecule has 6 heteroatoms. The zero-order chi connectivity index (χ0) is 19.0. The van der Waals surface area contributed by atoms with E-state index in [2.05, 4.69) is 0 Å². The molecule has 0 radical (unpaired) electrons. The van der Waals surface area contributed by atoms with Crippen molar-refractivity contribution >= 4 is 0 Å². The SMILES string of the molecule is CCOc1ccc(Cc2ccc3c(c2)[C@@H]2O[C@H](CO)[C@@H](O)[C@H](O)[C@@H]2O3)cc1. The molecule has 4 rings (SSSR count). The molecule has 2 aliphatic rings. The van der Waals surface area contributed by atoms with Crippen molar-refractivity contribution in [3.05, 3.63) is 59.2 Å². The van der Waals surface area contributed by atoms with Crippen molar-refractivity contribution in [2.75, 3.05) is 13.2 Å². The van der Waals surface area contributed by atoms with Crippen LogP contribution < -0.4 is 9.47 Å². The predicted molar refractivity (Wildman–Crippen MR) is 98.0 cm³/mol. The lowest BCUT2D eigenvalue weighted by atomic mass is 9.92. The van der Waals surface area contributed by atoms with Crippen LogP contribution in [0, 0.1) is 0 Å². The number of benzene rings is 2. The van der Waals surface area contributed by atoms with E-state index in [-0.39, 0.29) is 6.61 Å². The fourth-order valence-corrected chi connectivity index (χ4v) is 3.76. The Balaban J connectivity index is 1.54. The molecule has 0 bridgehead atoms. The van der Waals surface area contributed by atoms with Gasteiger partial charge in [0.05, 0.1) is 13.2 Å². The Morgan fingerprint density at radius 2 is 1.74 bits per heavy atom. The van der Waals surface area contributed by atoms with Crippen LogP contribution in [0.5, 0.6) is 11.5 Å². The van der Waals surface area contributed by atoms with E-state index in [1.165, 1.54) is 0 Å². The van der Waals surface area contributed by atoms with Crippen molar-refractivity contribution in [2.45, 2.75) is 43.9 Å². The highest BCUT2D eigenvalue weighted by molar-refractivity contribution is 5.45. The smallest absolute Gasteiger partial charge is 0.157 e. The minimum absolute atomic E-state index is 0.358. The third-order valence-corrected chi connectivity index (χ3v) is 5.15. The summed E-state index contributed by atoms with van der Waals surface area (Å²) in [5.41, 5.74) is 3.09. The summed E-state index contributed by atoms with van der Waals surface area (Å²) in [6.07, 6.45) is -3.54. The average Bonchev–Trinajstić information content (AvgIpc) is 3.04. The van der Waals surface area contributed by atoms with E-state index in [0.717, 1.165) is 28.9 Å². The number of hydrogen-bond acceptors (Lipinski definition) is 6. The van der Waals surface area contributed by atoms with Gasteiger partial charge in [0.1, 0.15) is 35.9 Å². The maximum atomic E-state index is 10.3. The monoisotopic (exact) mass is 372 g/mol. The van der Waals surface area contributed by atoms with Crippen LogP contribution in [0.25, 0.3) is 0 Å². The summed E-state index contributed by atoms with van der Waals surface area (Å²) >= 11 is 0. The number of hydrogen-bond donors (Lipinski definition) is 3. The molecule has 2 aliphatic heterocycles. The Labute approximate surface area is 157 Å². The molecule has 0 aliphatic carbocycles. The van der Waals surface area contributed by atoms with Crippen molar-refractivity contribution in [1.82, 2.24) is 0 Å². The van der Waals surface area contributed by atoms with Gasteiger partial charge in [-0.1, -0.05) is 18.2 Å². The molecule has 0 saturated carbocycles. The van der Waals surface area contributed by atoms with Crippen molar-refractivity contribution < 1.29 is 29.5 Å². The minimum Gasteiger partial charge on any atom is -0.494 e. The van der Waals surface area contributed by atoms with Crippen LogP contribution in [-0.4, -0.2) is 52.9 Å². The Hall–Kier alpha value is -2.12. The van der Waals surface area contributed by atoms with Crippen LogP contribution in [0.1, 0.15) is 29.7 Å². The van der Waals surface area contributed by atoms with Crippen LogP contribution >= 0.6 is 0 Å². The lowest BCUT2D eigenvalue weighted by Gasteiger charge is -2.38. The van der Waals surface area contributed by atoms with Crippen molar-refractivity contribution in [3.63, 3.8) is 0 Å². The molecule has 0 unspecified atom stereocenters. The Kier molecular flexibility index (Phi) is 5.06. The molecule has 1 fully saturated rings. The summed E-state index contributed by atoms with van der Waals surface area (Å²) in [5.74, 6) is 1.50. The van der Waals surface area contributed by atoms with Gasteiger partial charge in [-0.15, -0.1) is 0 Å². The standard InChI is InChI=1S/C21H24O6/c1-2-25-14-6-3-12(4-7-14)9-13-5-8-16-15(10-13)20-21(26-16)19(24)18(23)17(11-22)27-20/h3-8,10,17-24H,2,9,11H2,1H3/t17-,18-,19+,20+,21+/m1/s1. The first kappa shape index (κ1) is 18.3. The molecule has 1 saturated heterocycles. The van der Waals surface area contributed by atoms with E-state index in [1.807, 2.05) is 49.4 Å². The van der Waals surface area contributed by atoms with Crippen molar-refractivity contribution in [2.24, 2.45) is 0 Å². The van der Waals surface area contributed by atoms with Crippen molar-refractivity contribution in [3.8, 4) is 11.5 Å². The van der Waals surface area contributed by atoms with Gasteiger partial charge in [-0.25, -0.2) is 0 Å². The van der Waals surface area contributed by atoms with Gasteiger partial charge in [0.2, 0.25) is 0 Å². The average molecular weight is 372 g/mol. The second-order valence-electron chi connectivity index (χ2n) is 6.97. The third kappa shape index (κ3) is 3.41. The summed E-state index contributed by atoms with van der Waals surface area (Å²) < 4.78 is 17.1. The van der Waals surface area contributed by atoms with Gasteiger partial charge in [0.15, 0.2) is 6.10 Å². The minimum atomic E-state index is -1.17. The fourth-order valence-electron chi connectivity index (χ4n) is 3.76. The molecule has 5 atom stereocenters. The van der Waals surface area contributed by atoms with Gasteiger partial charge in [-0.05, 0) is 48.7 Å². The first-order chi connectivity index (χ1) is 13.1. The second kappa shape index (κ2) is 7.48. The summed E-state index contributed by atoms with van der Waals surface area (Å²) in [4.78, 5) is 0. The molecule has 0 aromatic heterocycles. The lowest BCUT2D eigenvalue weighted by Crippen LogP contribution is -2.55. The third-order valence-electron chi connectivity index (χ3n) is 5.15. The van der Waals surface area contributed by atoms with Crippen LogP contribution in [0.3, 0.4) is 0 Å². The zero-order valence-electron chi connectivity index (χ0n) is 15.1. The van der Waals surface area contributed by atoms with Gasteiger partial charge in [0.25, 0.3) is 0 Å². The molecular weight excluding hydrogens is 348 g/mol. The van der Waals surface area contributed by atoms with E-state index in [1.54, 1.807) is 0 Å². The summed E-state index contributed by atoms with van der Waals surface area (Å²) in [5, 5.41) is 29.8. The van der Waals surface area contributed by atoms with Gasteiger partial charge in [-0.3, -0.25) is 0 Å². The van der Waals surface area contributed by atoms with Gasteiger partial charge in [-0.2, -0.15) is 0 Å². The Morgan fingerprint density at radius 1 is 1.00 bits per heavy atom. The fraction of sp³-hybridized carbons (Fsp3) is 0.429. The molecule has 27 heavy (non-hydrogen) atoms. The molecule has 6 nitrogen and oxygen atoms in total. The van der Waals surface area contributed by atoms with Crippen LogP contribution in [0.15, 0.2) is 42.5 Å². The molecule has 0 spiro atoms. The van der Waals surface area contributed by atoms with Crippen molar-refractivity contribution in [1.29, 1.82) is 0 Å². The van der Waals surface area contributed by atoms with Gasteiger partial charge in [0, 0.05) is 5.56 Å². The maximum absolute atomic E-state index is 10.3. The van der Waals surface area contributed by atoms with E-state index >= 15 is 0 Å². The highest BCUT2D eigenvalue weighted by atomic mass is 16.6. The number of rotatable bonds is 5. The van der Waals surface area contributed by atoms with Gasteiger partial charge < -0.3 is 29.5 Å². The Bertz CT molecular complexity index is 790. The van der Waals surface area contributed by atoms with Crippen LogP contribution in [0.2, 0.25) is 0 Å². The zero-order valence-corrected chi connectivity index (χ0v) is 15.1. The van der Waals surface area contributed by atoms with Crippen LogP contribution in [0.4, 0.5) is 0 Å². The lowest BCUT2D eigenvalue weighted by molar-refractivity contribution is -0.215. The largest absolute Gasteiger partial charge is 0.494 e. The molecule has 2 heterocycles. The maximum Gasteiger partial charge on any atom is 0.157 e. The predicted octanol–water partition coefficient (Wildman–Crippen LogP) is 1.59. The molecule has 2 aromatic carbocycles. The van der Waals surface area contributed by atoms with Gasteiger partial charge >= 0.3 is 0 Å². The first-order valence-electron chi connectivity index (χ1n) is 9.24. The summed E-state index contributed by atoms with van der Waals surface area (Å²) in [6, 6.07) is 13.9. The molecule has 2 aromatic rings. The molecule has 144 valence electrons. The van der Waals surface area contributed by atoms with Crippen LogP contribution in [-0.2, 0) is 11.2 Å². The summed E-state index contributed by atoms with van der Waals surface area (Å²) in [6.45, 7) is 2.24. The number of ether oxygens (including phenoxy) is 3. The summed E-state index contributed by atoms with van der Waals surface area (Å²) in [7, 11) is 0. The highest BCUT2D eigenvalue weighted by Crippen LogP contribution is 2.45. The number of fused-ring (bicyclic) bond motifs is 3. The molecule has 0 amide bonds. The molecule has 3 N–H and O–H groups in total. The Morgan fingerprint density at radius 3 is 2.44 bits per heavy atom. The van der Waals surface area contributed by atoms with E-state index in [4.69, 9.17) is 14.2 Å². The van der Waals surface area contributed by atoms with E-state index in [9.17, 15) is 15.3 Å². The van der Waals surface area contributed by atoms with E-state index < -0.39 is 30.5 Å². The quantitative estimate of drug-likeness (QED) is 0.739. The van der Waals surface area contributed by atoms with E-state index in [0.29, 0.717) is 12.4 Å². The first-order valence-corrected chi connectivity index (χ1v) is 9.24. The normalized spacial score (nSPS) is 29.0. The number of aliphatic hydroxyl groups is 3. The molecular formula is C21H24O6. The number of aliphatic hydroxyl groups excluding tert-OH is 3.